The number of nitrogens with zero attached hydrogens (tertiary/aromatic N) is 2. The van der Waals surface area contributed by atoms with Crippen LogP contribution in [0.4, 0.5) is 4.39 Å². The van der Waals surface area contributed by atoms with Crippen molar-refractivity contribution in [2.45, 2.75) is 12.5 Å². The number of allylic oxidation sites excluding steroid dienone is 1. The molecule has 0 fully saturated rings. The van der Waals surface area contributed by atoms with Crippen LogP contribution in [0.1, 0.15) is 22.6 Å². The van der Waals surface area contributed by atoms with Gasteiger partial charge in [-0.15, -0.1) is 5.10 Å². The van der Waals surface area contributed by atoms with Crippen molar-refractivity contribution in [2.24, 2.45) is 5.73 Å². The van der Waals surface area contributed by atoms with Crippen LogP contribution < -0.4 is 19.9 Å². The molecule has 0 saturated heterocycles. The van der Waals surface area contributed by atoms with Crippen LogP contribution in [0, 0.1) is 17.1 Å². The van der Waals surface area contributed by atoms with E-state index in [1.807, 2.05) is 48.5 Å². The van der Waals surface area contributed by atoms with E-state index in [1.54, 1.807) is 19.2 Å². The van der Waals surface area contributed by atoms with Gasteiger partial charge in [-0.05, 0) is 59.7 Å². The SMILES string of the molecule is COc1ccc(-c2[nH]nc3c2C(c2ccc(OCc4ccc(F)cc4)cc2)C(C#N)=C(N)O3)cc1. The van der Waals surface area contributed by atoms with Crippen molar-refractivity contribution in [3.8, 4) is 34.7 Å². The normalized spacial score (nSPS) is 14.6. The molecule has 35 heavy (non-hydrogen) atoms. The minimum atomic E-state index is -0.481. The lowest BCUT2D eigenvalue weighted by Gasteiger charge is -2.24. The molecule has 5 rings (SSSR count). The number of H-pyrrole nitrogens is 1. The number of aromatic amines is 1. The quantitative estimate of drug-likeness (QED) is 0.412. The van der Waals surface area contributed by atoms with Crippen molar-refractivity contribution in [2.75, 3.05) is 7.11 Å². The third-order valence-electron chi connectivity index (χ3n) is 5.85. The summed E-state index contributed by atoms with van der Waals surface area (Å²) < 4.78 is 29.9. The van der Waals surface area contributed by atoms with Gasteiger partial charge in [-0.3, -0.25) is 5.10 Å². The Balaban J connectivity index is 1.47. The fourth-order valence-corrected chi connectivity index (χ4v) is 4.06. The highest BCUT2D eigenvalue weighted by molar-refractivity contribution is 5.71. The Hall–Kier alpha value is -4.77. The molecule has 1 aliphatic rings. The molecule has 0 amide bonds. The van der Waals surface area contributed by atoms with Crippen LogP contribution in [-0.4, -0.2) is 17.3 Å². The number of ether oxygens (including phenoxy) is 3. The first-order valence-corrected chi connectivity index (χ1v) is 10.8. The average molecular weight is 468 g/mol. The summed E-state index contributed by atoms with van der Waals surface area (Å²) in [5.41, 5.74) is 10.4. The van der Waals surface area contributed by atoms with Gasteiger partial charge in [0.2, 0.25) is 11.8 Å². The zero-order valence-electron chi connectivity index (χ0n) is 18.8. The Labute approximate surface area is 201 Å². The lowest BCUT2D eigenvalue weighted by Crippen LogP contribution is -2.21. The molecule has 1 unspecified atom stereocenters. The Morgan fingerprint density at radius 3 is 2.37 bits per heavy atom. The molecule has 0 saturated carbocycles. The number of rotatable bonds is 6. The summed E-state index contributed by atoms with van der Waals surface area (Å²) in [6.45, 7) is 0.306. The van der Waals surface area contributed by atoms with Crippen molar-refractivity contribution in [1.29, 1.82) is 5.26 Å². The number of methoxy groups -OCH3 is 1. The number of nitrogens with two attached hydrogens (primary N) is 1. The molecule has 1 aromatic heterocycles. The lowest BCUT2D eigenvalue weighted by molar-refractivity contribution is 0.306. The van der Waals surface area contributed by atoms with E-state index in [4.69, 9.17) is 19.9 Å². The van der Waals surface area contributed by atoms with Gasteiger partial charge in [0.25, 0.3) is 0 Å². The van der Waals surface area contributed by atoms with Crippen LogP contribution in [0.2, 0.25) is 0 Å². The van der Waals surface area contributed by atoms with Crippen molar-refractivity contribution >= 4 is 0 Å². The van der Waals surface area contributed by atoms with Crippen LogP contribution in [0.5, 0.6) is 17.4 Å². The molecule has 3 N–H and O–H groups in total. The zero-order chi connectivity index (χ0) is 24.4. The van der Waals surface area contributed by atoms with Crippen LogP contribution in [0.15, 0.2) is 84.3 Å². The molecule has 0 aliphatic carbocycles. The Morgan fingerprint density at radius 1 is 1.03 bits per heavy atom. The van der Waals surface area contributed by atoms with Gasteiger partial charge in [-0.2, -0.15) is 5.26 Å². The molecule has 0 radical (unpaired) electrons. The number of hydrogen-bond donors (Lipinski definition) is 2. The van der Waals surface area contributed by atoms with Gasteiger partial charge in [-0.25, -0.2) is 4.39 Å². The Bertz CT molecular complexity index is 1420. The number of aromatic nitrogens is 2. The van der Waals surface area contributed by atoms with E-state index in [1.165, 1.54) is 12.1 Å². The number of nitriles is 1. The van der Waals surface area contributed by atoms with E-state index in [0.717, 1.165) is 33.7 Å². The standard InChI is InChI=1S/C27H21FN4O3/c1-33-20-10-6-18(7-11-20)25-24-23(22(14-29)26(30)35-27(24)32-31-25)17-4-12-21(13-5-17)34-15-16-2-8-19(28)9-3-16/h2-13,23H,15,30H2,1H3,(H,31,32). The average Bonchev–Trinajstić information content (AvgIpc) is 3.31. The highest BCUT2D eigenvalue weighted by Gasteiger charge is 2.35. The predicted octanol–water partition coefficient (Wildman–Crippen LogP) is 5.02. The van der Waals surface area contributed by atoms with Gasteiger partial charge in [0.15, 0.2) is 0 Å². The van der Waals surface area contributed by atoms with Crippen molar-refractivity contribution in [3.63, 3.8) is 0 Å². The van der Waals surface area contributed by atoms with Crippen LogP contribution in [0.25, 0.3) is 11.3 Å². The summed E-state index contributed by atoms with van der Waals surface area (Å²) in [6.07, 6.45) is 0. The van der Waals surface area contributed by atoms with Crippen molar-refractivity contribution < 1.29 is 18.6 Å². The summed E-state index contributed by atoms with van der Waals surface area (Å²) in [6, 6.07) is 23.3. The summed E-state index contributed by atoms with van der Waals surface area (Å²) in [5.74, 6) is 0.952. The van der Waals surface area contributed by atoms with Crippen LogP contribution >= 0.6 is 0 Å². The molecule has 1 atom stereocenters. The fourth-order valence-electron chi connectivity index (χ4n) is 4.06. The van der Waals surface area contributed by atoms with E-state index >= 15 is 0 Å². The number of nitrogens with one attached hydrogen (secondary N) is 1. The summed E-state index contributed by atoms with van der Waals surface area (Å²) in [4.78, 5) is 0. The monoisotopic (exact) mass is 468 g/mol. The first-order chi connectivity index (χ1) is 17.1. The lowest BCUT2D eigenvalue weighted by atomic mass is 9.83. The van der Waals surface area contributed by atoms with E-state index in [0.29, 0.717) is 23.8 Å². The van der Waals surface area contributed by atoms with Crippen LogP contribution in [0.3, 0.4) is 0 Å². The number of fused-ring (bicyclic) bond motifs is 1. The Morgan fingerprint density at radius 2 is 1.71 bits per heavy atom. The van der Waals surface area contributed by atoms with Crippen molar-refractivity contribution in [1.82, 2.24) is 10.2 Å². The van der Waals surface area contributed by atoms with Gasteiger partial charge in [0.05, 0.1) is 24.3 Å². The predicted molar refractivity (Wildman–Crippen MR) is 127 cm³/mol. The molecule has 1 aliphatic heterocycles. The molecule has 4 aromatic rings. The first kappa shape index (κ1) is 22.0. The molecule has 8 heteroatoms. The van der Waals surface area contributed by atoms with E-state index < -0.39 is 5.92 Å². The summed E-state index contributed by atoms with van der Waals surface area (Å²) >= 11 is 0. The van der Waals surface area contributed by atoms with Gasteiger partial charge in [0, 0.05) is 5.56 Å². The zero-order valence-corrected chi connectivity index (χ0v) is 18.8. The maximum absolute atomic E-state index is 13.1. The number of benzene rings is 3. The first-order valence-electron chi connectivity index (χ1n) is 10.8. The summed E-state index contributed by atoms with van der Waals surface area (Å²) in [5, 5.41) is 17.2. The van der Waals surface area contributed by atoms with Gasteiger partial charge in [0.1, 0.15) is 35.6 Å². The molecular weight excluding hydrogens is 447 g/mol. The molecule has 174 valence electrons. The summed E-state index contributed by atoms with van der Waals surface area (Å²) in [7, 11) is 1.61. The Kier molecular flexibility index (Phi) is 5.81. The highest BCUT2D eigenvalue weighted by atomic mass is 19.1. The molecular formula is C27H21FN4O3. The van der Waals surface area contributed by atoms with Crippen molar-refractivity contribution in [3.05, 3.63) is 107 Å². The number of hydrogen-bond acceptors (Lipinski definition) is 6. The maximum Gasteiger partial charge on any atom is 0.244 e. The second-order valence-corrected chi connectivity index (χ2v) is 7.95. The van der Waals surface area contributed by atoms with Gasteiger partial charge < -0.3 is 19.9 Å². The maximum atomic E-state index is 13.1. The largest absolute Gasteiger partial charge is 0.497 e. The molecule has 0 spiro atoms. The minimum absolute atomic E-state index is 0.0226. The molecule has 2 heterocycles. The van der Waals surface area contributed by atoms with Gasteiger partial charge in [-0.1, -0.05) is 24.3 Å². The second kappa shape index (κ2) is 9.23. The molecule has 7 nitrogen and oxygen atoms in total. The smallest absolute Gasteiger partial charge is 0.244 e. The topological polar surface area (TPSA) is 106 Å². The van der Waals surface area contributed by atoms with E-state index in [2.05, 4.69) is 16.3 Å². The van der Waals surface area contributed by atoms with Gasteiger partial charge >= 0.3 is 0 Å². The van der Waals surface area contributed by atoms with E-state index in [-0.39, 0.29) is 11.7 Å². The molecule has 3 aromatic carbocycles. The van der Waals surface area contributed by atoms with Crippen LogP contribution in [-0.2, 0) is 6.61 Å². The molecule has 0 bridgehead atoms. The number of halogens is 1. The van der Waals surface area contributed by atoms with E-state index in [9.17, 15) is 9.65 Å². The highest BCUT2D eigenvalue weighted by Crippen LogP contribution is 2.45. The third-order valence-corrected chi connectivity index (χ3v) is 5.85. The minimum Gasteiger partial charge on any atom is -0.497 e. The third kappa shape index (κ3) is 4.27. The fraction of sp³-hybridized carbons (Fsp3) is 0.111. The second-order valence-electron chi connectivity index (χ2n) is 7.95.